The summed E-state index contributed by atoms with van der Waals surface area (Å²) in [6.45, 7) is 0.444. The smallest absolute Gasteiger partial charge is 0.264 e. The third-order valence-electron chi connectivity index (χ3n) is 2.61. The van der Waals surface area contributed by atoms with E-state index in [0.29, 0.717) is 17.1 Å². The fourth-order valence-corrected chi connectivity index (χ4v) is 2.88. The van der Waals surface area contributed by atoms with Crippen molar-refractivity contribution < 1.29 is 8.42 Å². The van der Waals surface area contributed by atoms with Gasteiger partial charge in [0.05, 0.1) is 4.90 Å². The van der Waals surface area contributed by atoms with Gasteiger partial charge in [0.25, 0.3) is 15.6 Å². The molecule has 0 aliphatic heterocycles. The van der Waals surface area contributed by atoms with Gasteiger partial charge in [-0.15, -0.1) is 0 Å². The fourth-order valence-electron chi connectivity index (χ4n) is 1.64. The highest BCUT2D eigenvalue weighted by molar-refractivity contribution is 7.92. The Morgan fingerprint density at radius 3 is 2.67 bits per heavy atom. The second kappa shape index (κ2) is 6.25. The summed E-state index contributed by atoms with van der Waals surface area (Å²) in [4.78, 5) is 11.0. The van der Waals surface area contributed by atoms with Gasteiger partial charge in [-0.3, -0.25) is 9.52 Å². The zero-order valence-corrected chi connectivity index (χ0v) is 12.6. The maximum atomic E-state index is 12.2. The summed E-state index contributed by atoms with van der Waals surface area (Å²) in [5.41, 5.74) is 0.247. The first-order chi connectivity index (χ1) is 9.92. The van der Waals surface area contributed by atoms with E-state index in [2.05, 4.69) is 20.2 Å². The highest BCUT2D eigenvalue weighted by atomic mass is 35.5. The molecule has 2 rings (SSSR count). The average molecular weight is 329 g/mol. The monoisotopic (exact) mass is 328 g/mol. The molecule has 0 saturated carbocycles. The predicted molar refractivity (Wildman–Crippen MR) is 79.9 cm³/mol. The Hall–Kier alpha value is -1.90. The van der Waals surface area contributed by atoms with E-state index in [1.807, 2.05) is 0 Å². The molecular weight excluding hydrogens is 316 g/mol. The first kappa shape index (κ1) is 15.5. The molecule has 0 bridgehead atoms. The molecule has 3 N–H and O–H groups in total. The minimum Gasteiger partial charge on any atom is -0.316 e. The molecule has 9 heteroatoms. The molecule has 7 nitrogen and oxygen atoms in total. The van der Waals surface area contributed by atoms with Crippen molar-refractivity contribution in [1.29, 1.82) is 0 Å². The van der Waals surface area contributed by atoms with Crippen LogP contribution >= 0.6 is 11.6 Å². The van der Waals surface area contributed by atoms with Crippen molar-refractivity contribution >= 4 is 27.4 Å². The normalized spacial score (nSPS) is 11.3. The Bertz CT molecular complexity index is 784. The Balaban J connectivity index is 2.33. The Kier molecular flexibility index (Phi) is 4.61. The molecule has 1 aromatic heterocycles. The molecule has 0 atom stereocenters. The minimum absolute atomic E-state index is 0.0275. The van der Waals surface area contributed by atoms with E-state index in [0.717, 1.165) is 0 Å². The lowest BCUT2D eigenvalue weighted by molar-refractivity contribution is 0.600. The van der Waals surface area contributed by atoms with Crippen LogP contribution in [0, 0.1) is 0 Å². The standard InChI is InChI=1S/C12H13ClN4O3S/c1-14-7-8-6-9(2-3-10(8)13)21(19,20)17-11-4-5-12(18)16-15-11/h2-6,14H,7H2,1H3,(H,15,17)(H,16,18). The highest BCUT2D eigenvalue weighted by Crippen LogP contribution is 2.21. The Labute approximate surface area is 126 Å². The molecule has 0 saturated heterocycles. The van der Waals surface area contributed by atoms with Crippen LogP contribution in [0.2, 0.25) is 5.02 Å². The SMILES string of the molecule is CNCc1cc(S(=O)(=O)Nc2ccc(=O)[nH]n2)ccc1Cl. The number of hydrogen-bond donors (Lipinski definition) is 3. The number of sulfonamides is 1. The second-order valence-corrected chi connectivity index (χ2v) is 6.29. The van der Waals surface area contributed by atoms with E-state index in [1.165, 1.54) is 30.3 Å². The van der Waals surface area contributed by atoms with Crippen LogP contribution in [0.4, 0.5) is 5.82 Å². The van der Waals surface area contributed by atoms with Crippen LogP contribution in [0.1, 0.15) is 5.56 Å². The van der Waals surface area contributed by atoms with Crippen LogP contribution in [0.3, 0.4) is 0 Å². The minimum atomic E-state index is -3.80. The molecule has 1 heterocycles. The van der Waals surface area contributed by atoms with Gasteiger partial charge in [-0.1, -0.05) is 11.6 Å². The third kappa shape index (κ3) is 3.81. The van der Waals surface area contributed by atoms with Crippen molar-refractivity contribution in [2.75, 3.05) is 11.8 Å². The van der Waals surface area contributed by atoms with E-state index in [9.17, 15) is 13.2 Å². The van der Waals surface area contributed by atoms with Crippen molar-refractivity contribution in [3.05, 3.63) is 51.3 Å². The number of aromatic nitrogens is 2. The van der Waals surface area contributed by atoms with Gasteiger partial charge < -0.3 is 5.32 Å². The molecule has 2 aromatic rings. The van der Waals surface area contributed by atoms with E-state index in [4.69, 9.17) is 11.6 Å². The van der Waals surface area contributed by atoms with Gasteiger partial charge in [-0.05, 0) is 36.9 Å². The van der Waals surface area contributed by atoms with Gasteiger partial charge in [0.15, 0.2) is 5.82 Å². The maximum absolute atomic E-state index is 12.2. The summed E-state index contributed by atoms with van der Waals surface area (Å²) in [5, 5.41) is 9.14. The molecule has 0 amide bonds. The first-order valence-corrected chi connectivity index (χ1v) is 7.80. The topological polar surface area (TPSA) is 104 Å². The van der Waals surface area contributed by atoms with E-state index < -0.39 is 15.6 Å². The van der Waals surface area contributed by atoms with Gasteiger partial charge in [-0.25, -0.2) is 13.5 Å². The lowest BCUT2D eigenvalue weighted by Crippen LogP contribution is -2.17. The van der Waals surface area contributed by atoms with Crippen LogP contribution in [0.25, 0.3) is 0 Å². The number of anilines is 1. The number of nitrogens with one attached hydrogen (secondary N) is 3. The van der Waals surface area contributed by atoms with Crippen LogP contribution in [-0.2, 0) is 16.6 Å². The van der Waals surface area contributed by atoms with Gasteiger partial charge in [0.1, 0.15) is 0 Å². The number of rotatable bonds is 5. The molecule has 21 heavy (non-hydrogen) atoms. The number of H-pyrrole nitrogens is 1. The predicted octanol–water partition coefficient (Wildman–Crippen LogP) is 0.943. The zero-order chi connectivity index (χ0) is 15.5. The Morgan fingerprint density at radius 2 is 2.05 bits per heavy atom. The van der Waals surface area contributed by atoms with Crippen molar-refractivity contribution in [3.63, 3.8) is 0 Å². The summed E-state index contributed by atoms with van der Waals surface area (Å²) in [6.07, 6.45) is 0. The largest absolute Gasteiger partial charge is 0.316 e. The lowest BCUT2D eigenvalue weighted by atomic mass is 10.2. The molecule has 0 unspecified atom stereocenters. The Morgan fingerprint density at radius 1 is 1.29 bits per heavy atom. The van der Waals surface area contributed by atoms with Crippen LogP contribution < -0.4 is 15.6 Å². The molecule has 0 spiro atoms. The van der Waals surface area contributed by atoms with Gasteiger partial charge in [0.2, 0.25) is 0 Å². The van der Waals surface area contributed by atoms with Crippen molar-refractivity contribution in [1.82, 2.24) is 15.5 Å². The van der Waals surface area contributed by atoms with Crippen LogP contribution in [-0.4, -0.2) is 25.7 Å². The zero-order valence-electron chi connectivity index (χ0n) is 11.1. The van der Waals surface area contributed by atoms with E-state index in [1.54, 1.807) is 7.05 Å². The van der Waals surface area contributed by atoms with Crippen molar-refractivity contribution in [2.45, 2.75) is 11.4 Å². The summed E-state index contributed by atoms with van der Waals surface area (Å²) in [5.74, 6) is 0.0275. The molecule has 0 fully saturated rings. The summed E-state index contributed by atoms with van der Waals surface area (Å²) < 4.78 is 26.8. The summed E-state index contributed by atoms with van der Waals surface area (Å²) >= 11 is 6.00. The molecule has 0 aliphatic rings. The van der Waals surface area contributed by atoms with Crippen LogP contribution in [0.15, 0.2) is 40.0 Å². The fraction of sp³-hybridized carbons (Fsp3) is 0.167. The van der Waals surface area contributed by atoms with Gasteiger partial charge in [0, 0.05) is 17.6 Å². The lowest BCUT2D eigenvalue weighted by Gasteiger charge is -2.09. The number of aromatic amines is 1. The third-order valence-corrected chi connectivity index (χ3v) is 4.33. The molecule has 1 aromatic carbocycles. The maximum Gasteiger partial charge on any atom is 0.264 e. The number of nitrogens with zero attached hydrogens (tertiary/aromatic N) is 1. The molecule has 112 valence electrons. The molecular formula is C12H13ClN4O3S. The van der Waals surface area contributed by atoms with E-state index in [-0.39, 0.29) is 10.7 Å². The summed E-state index contributed by atoms with van der Waals surface area (Å²) in [7, 11) is -2.07. The molecule has 0 radical (unpaired) electrons. The number of halogens is 1. The second-order valence-electron chi connectivity index (χ2n) is 4.20. The van der Waals surface area contributed by atoms with E-state index >= 15 is 0 Å². The van der Waals surface area contributed by atoms with Gasteiger partial charge >= 0.3 is 0 Å². The number of hydrogen-bond acceptors (Lipinski definition) is 5. The first-order valence-electron chi connectivity index (χ1n) is 5.94. The number of benzene rings is 1. The van der Waals surface area contributed by atoms with Crippen LogP contribution in [0.5, 0.6) is 0 Å². The van der Waals surface area contributed by atoms with Crippen molar-refractivity contribution in [3.8, 4) is 0 Å². The highest BCUT2D eigenvalue weighted by Gasteiger charge is 2.16. The summed E-state index contributed by atoms with van der Waals surface area (Å²) in [6, 6.07) is 6.85. The van der Waals surface area contributed by atoms with Crippen molar-refractivity contribution in [2.24, 2.45) is 0 Å². The van der Waals surface area contributed by atoms with Gasteiger partial charge in [-0.2, -0.15) is 5.10 Å². The quantitative estimate of drug-likeness (QED) is 0.758. The average Bonchev–Trinajstić information content (AvgIpc) is 2.43. The molecule has 0 aliphatic carbocycles.